The Morgan fingerprint density at radius 3 is 2.45 bits per heavy atom. The molecule has 33 heavy (non-hydrogen) atoms. The topological polar surface area (TPSA) is 109 Å². The molecule has 0 bridgehead atoms. The van der Waals surface area contributed by atoms with Crippen LogP contribution < -0.4 is 19.5 Å². The number of carbonyl (C=O) groups excluding carboxylic acids is 2. The van der Waals surface area contributed by atoms with Crippen molar-refractivity contribution in [1.29, 1.82) is 0 Å². The normalized spacial score (nSPS) is 10.4. The Balaban J connectivity index is 1.54. The predicted octanol–water partition coefficient (Wildman–Crippen LogP) is 3.36. The quantitative estimate of drug-likeness (QED) is 0.465. The molecule has 0 saturated heterocycles. The van der Waals surface area contributed by atoms with Gasteiger partial charge in [-0.2, -0.15) is 0 Å². The summed E-state index contributed by atoms with van der Waals surface area (Å²) in [7, 11) is 3.09. The number of methoxy groups -OCH3 is 2. The molecule has 1 aromatic heterocycles. The molecule has 9 heteroatoms. The van der Waals surface area contributed by atoms with E-state index in [2.05, 4.69) is 10.5 Å². The number of hydrogen-bond donors (Lipinski definition) is 1. The summed E-state index contributed by atoms with van der Waals surface area (Å²) in [6, 6.07) is 12.0. The summed E-state index contributed by atoms with van der Waals surface area (Å²) in [5, 5.41) is 6.59. The van der Waals surface area contributed by atoms with Crippen LogP contribution in [0.1, 0.15) is 32.9 Å². The second-order valence-electron chi connectivity index (χ2n) is 7.13. The van der Waals surface area contributed by atoms with E-state index in [1.54, 1.807) is 56.5 Å². The first kappa shape index (κ1) is 23.6. The molecule has 3 aromatic rings. The number of nitrogens with one attached hydrogen (secondary N) is 1. The van der Waals surface area contributed by atoms with Crippen LogP contribution in [0.25, 0.3) is 0 Å². The van der Waals surface area contributed by atoms with E-state index in [0.29, 0.717) is 23.0 Å². The van der Waals surface area contributed by atoms with E-state index >= 15 is 0 Å². The Bertz CT molecular complexity index is 1100. The average Bonchev–Trinajstić information content (AvgIpc) is 3.16. The van der Waals surface area contributed by atoms with Crippen LogP contribution in [-0.2, 0) is 22.7 Å². The fourth-order valence-electron chi connectivity index (χ4n) is 3.07. The number of rotatable bonds is 10. The largest absolute Gasteiger partial charge is 0.493 e. The van der Waals surface area contributed by atoms with Crippen LogP contribution in [0, 0.1) is 13.8 Å². The Kier molecular flexibility index (Phi) is 7.91. The molecule has 1 N–H and O–H groups in total. The van der Waals surface area contributed by atoms with E-state index in [9.17, 15) is 9.59 Å². The van der Waals surface area contributed by atoms with Crippen LogP contribution in [0.4, 0.5) is 0 Å². The number of aryl methyl sites for hydroxylation is 2. The van der Waals surface area contributed by atoms with E-state index in [4.69, 9.17) is 23.5 Å². The number of nitrogens with zero attached hydrogens (tertiary/aromatic N) is 1. The fraction of sp³-hybridized carbons (Fsp3) is 0.292. The third-order valence-electron chi connectivity index (χ3n) is 4.93. The minimum Gasteiger partial charge on any atom is -0.493 e. The monoisotopic (exact) mass is 454 g/mol. The van der Waals surface area contributed by atoms with E-state index < -0.39 is 18.5 Å². The minimum absolute atomic E-state index is 0.192. The lowest BCUT2D eigenvalue weighted by Gasteiger charge is -2.12. The van der Waals surface area contributed by atoms with Crippen LogP contribution in [-0.4, -0.2) is 37.9 Å². The second kappa shape index (κ2) is 11.0. The van der Waals surface area contributed by atoms with Crippen LogP contribution >= 0.6 is 0 Å². The van der Waals surface area contributed by atoms with Crippen molar-refractivity contribution in [3.8, 4) is 17.2 Å². The van der Waals surface area contributed by atoms with Crippen molar-refractivity contribution in [3.63, 3.8) is 0 Å². The first-order valence-corrected chi connectivity index (χ1v) is 10.2. The number of ether oxygens (including phenoxy) is 4. The van der Waals surface area contributed by atoms with Gasteiger partial charge in [0.1, 0.15) is 23.7 Å². The van der Waals surface area contributed by atoms with Gasteiger partial charge in [-0.3, -0.25) is 4.79 Å². The van der Waals surface area contributed by atoms with Gasteiger partial charge in [-0.25, -0.2) is 4.79 Å². The Morgan fingerprint density at radius 2 is 1.76 bits per heavy atom. The maximum atomic E-state index is 12.5. The van der Waals surface area contributed by atoms with Gasteiger partial charge in [0.15, 0.2) is 18.1 Å². The molecule has 0 radical (unpaired) electrons. The summed E-state index contributed by atoms with van der Waals surface area (Å²) in [6.45, 7) is 3.62. The van der Waals surface area contributed by atoms with Crippen molar-refractivity contribution >= 4 is 11.9 Å². The van der Waals surface area contributed by atoms with Gasteiger partial charge in [-0.05, 0) is 43.7 Å². The first-order valence-electron chi connectivity index (χ1n) is 10.2. The highest BCUT2D eigenvalue weighted by atomic mass is 16.5. The van der Waals surface area contributed by atoms with Crippen molar-refractivity contribution < 1.29 is 33.1 Å². The highest BCUT2D eigenvalue weighted by Gasteiger charge is 2.17. The number of aromatic nitrogens is 1. The summed E-state index contributed by atoms with van der Waals surface area (Å²) in [5.41, 5.74) is 2.56. The number of carbonyl (C=O) groups is 2. The van der Waals surface area contributed by atoms with Gasteiger partial charge in [0.25, 0.3) is 5.91 Å². The SMILES string of the molecule is COc1ccc(CNC(=O)COC(=O)c2ccccc2OCc2c(C)noc2C)cc1OC. The molecule has 2 aromatic carbocycles. The van der Waals surface area contributed by atoms with Crippen LogP contribution in [0.2, 0.25) is 0 Å². The standard InChI is InChI=1S/C24H26N2O7/c1-15-19(16(2)33-26-15)13-31-20-8-6-5-7-18(20)24(28)32-14-23(27)25-12-17-9-10-21(29-3)22(11-17)30-4/h5-11H,12-14H2,1-4H3,(H,25,27). The number of amides is 1. The van der Waals surface area contributed by atoms with Gasteiger partial charge < -0.3 is 28.8 Å². The van der Waals surface area contributed by atoms with E-state index in [1.807, 2.05) is 6.92 Å². The molecule has 9 nitrogen and oxygen atoms in total. The number of hydrogen-bond acceptors (Lipinski definition) is 8. The molecule has 0 saturated carbocycles. The zero-order chi connectivity index (χ0) is 23.8. The molecule has 0 atom stereocenters. The number of esters is 1. The van der Waals surface area contributed by atoms with Crippen molar-refractivity contribution in [3.05, 3.63) is 70.6 Å². The molecule has 0 aliphatic heterocycles. The number of para-hydroxylation sites is 1. The van der Waals surface area contributed by atoms with Crippen molar-refractivity contribution in [2.24, 2.45) is 0 Å². The Hall–Kier alpha value is -4.01. The zero-order valence-electron chi connectivity index (χ0n) is 19.0. The van der Waals surface area contributed by atoms with E-state index in [0.717, 1.165) is 16.8 Å². The molecular weight excluding hydrogens is 428 g/mol. The average molecular weight is 454 g/mol. The van der Waals surface area contributed by atoms with E-state index in [1.165, 1.54) is 7.11 Å². The Morgan fingerprint density at radius 1 is 1.00 bits per heavy atom. The van der Waals surface area contributed by atoms with Gasteiger partial charge in [-0.1, -0.05) is 23.4 Å². The summed E-state index contributed by atoms with van der Waals surface area (Å²) in [4.78, 5) is 24.7. The minimum atomic E-state index is -0.661. The van der Waals surface area contributed by atoms with Crippen molar-refractivity contribution in [2.45, 2.75) is 27.0 Å². The molecule has 174 valence electrons. The molecule has 0 fully saturated rings. The predicted molar refractivity (Wildman–Crippen MR) is 118 cm³/mol. The molecule has 3 rings (SSSR count). The Labute approximate surface area is 191 Å². The first-order chi connectivity index (χ1) is 15.9. The van der Waals surface area contributed by atoms with Crippen LogP contribution in [0.15, 0.2) is 47.0 Å². The second-order valence-corrected chi connectivity index (χ2v) is 7.13. The summed E-state index contributed by atoms with van der Waals surface area (Å²) < 4.78 is 26.5. The fourth-order valence-corrected chi connectivity index (χ4v) is 3.07. The zero-order valence-corrected chi connectivity index (χ0v) is 19.0. The van der Waals surface area contributed by atoms with Gasteiger partial charge in [-0.15, -0.1) is 0 Å². The van der Waals surface area contributed by atoms with E-state index in [-0.39, 0.29) is 18.7 Å². The van der Waals surface area contributed by atoms with Gasteiger partial charge in [0.2, 0.25) is 0 Å². The van der Waals surface area contributed by atoms with Gasteiger partial charge >= 0.3 is 5.97 Å². The molecule has 0 aliphatic carbocycles. The highest BCUT2D eigenvalue weighted by Crippen LogP contribution is 2.27. The highest BCUT2D eigenvalue weighted by molar-refractivity contribution is 5.94. The summed E-state index contributed by atoms with van der Waals surface area (Å²) in [5.74, 6) is 1.05. The summed E-state index contributed by atoms with van der Waals surface area (Å²) in [6.07, 6.45) is 0. The molecule has 0 unspecified atom stereocenters. The smallest absolute Gasteiger partial charge is 0.342 e. The lowest BCUT2D eigenvalue weighted by molar-refractivity contribution is -0.124. The molecule has 0 aliphatic rings. The number of benzene rings is 2. The maximum Gasteiger partial charge on any atom is 0.342 e. The van der Waals surface area contributed by atoms with Crippen LogP contribution in [0.5, 0.6) is 17.2 Å². The molecule has 1 heterocycles. The van der Waals surface area contributed by atoms with Gasteiger partial charge in [0.05, 0.1) is 25.5 Å². The third-order valence-corrected chi connectivity index (χ3v) is 4.93. The lowest BCUT2D eigenvalue weighted by Crippen LogP contribution is -2.28. The summed E-state index contributed by atoms with van der Waals surface area (Å²) >= 11 is 0. The lowest BCUT2D eigenvalue weighted by atomic mass is 10.2. The third kappa shape index (κ3) is 6.03. The van der Waals surface area contributed by atoms with Crippen molar-refractivity contribution in [2.75, 3.05) is 20.8 Å². The van der Waals surface area contributed by atoms with Gasteiger partial charge in [0, 0.05) is 6.54 Å². The molecule has 0 spiro atoms. The molecule has 1 amide bonds. The molecular formula is C24H26N2O7. The van der Waals surface area contributed by atoms with Crippen molar-refractivity contribution in [1.82, 2.24) is 10.5 Å². The maximum absolute atomic E-state index is 12.5. The van der Waals surface area contributed by atoms with Crippen LogP contribution in [0.3, 0.4) is 0 Å².